The van der Waals surface area contributed by atoms with Crippen molar-refractivity contribution in [1.82, 2.24) is 21.3 Å². The Kier molecular flexibility index (Phi) is 15.2. The van der Waals surface area contributed by atoms with Crippen molar-refractivity contribution in [2.45, 2.75) is 102 Å². The zero-order valence-electron chi connectivity index (χ0n) is 25.8. The first-order valence-electron chi connectivity index (χ1n) is 14.2. The van der Waals surface area contributed by atoms with Gasteiger partial charge in [-0.25, -0.2) is 4.79 Å². The van der Waals surface area contributed by atoms with Crippen LogP contribution in [0.2, 0.25) is 0 Å². The maximum atomic E-state index is 13.1. The van der Waals surface area contributed by atoms with Gasteiger partial charge in [-0.15, -0.1) is 0 Å². The molecule has 0 fully saturated rings. The topological polar surface area (TPSA) is 244 Å². The molecule has 4 amide bonds. The highest BCUT2D eigenvalue weighted by Crippen LogP contribution is 2.18. The molecule has 248 valence electrons. The van der Waals surface area contributed by atoms with Crippen molar-refractivity contribution in [3.8, 4) is 0 Å². The summed E-state index contributed by atoms with van der Waals surface area (Å²) in [5, 5.41) is 60.2. The molecule has 1 rings (SSSR count). The molecular formula is C29H46N4O11. The van der Waals surface area contributed by atoms with Crippen molar-refractivity contribution in [3.05, 3.63) is 35.9 Å². The third-order valence-corrected chi connectivity index (χ3v) is 6.24. The van der Waals surface area contributed by atoms with Gasteiger partial charge in [0.25, 0.3) is 5.91 Å². The highest BCUT2D eigenvalue weighted by Gasteiger charge is 2.38. The molecule has 15 nitrogen and oxygen atoms in total. The summed E-state index contributed by atoms with van der Waals surface area (Å²) < 4.78 is 5.12. The van der Waals surface area contributed by atoms with E-state index < -0.39 is 90.9 Å². The van der Waals surface area contributed by atoms with Crippen LogP contribution in [0.1, 0.15) is 66.0 Å². The van der Waals surface area contributed by atoms with Crippen LogP contribution in [0.15, 0.2) is 30.3 Å². The number of alkyl carbamates (subject to hydrolysis) is 1. The van der Waals surface area contributed by atoms with Crippen molar-refractivity contribution < 1.29 is 54.2 Å². The zero-order chi connectivity index (χ0) is 33.8. The smallest absolute Gasteiger partial charge is 0.408 e. The van der Waals surface area contributed by atoms with Crippen LogP contribution in [-0.4, -0.2) is 104 Å². The average molecular weight is 627 g/mol. The Morgan fingerprint density at radius 1 is 0.818 bits per heavy atom. The Hall–Kier alpha value is -3.79. The van der Waals surface area contributed by atoms with Gasteiger partial charge in [0.1, 0.15) is 29.9 Å². The molecular weight excluding hydrogens is 580 g/mol. The van der Waals surface area contributed by atoms with E-state index in [-0.39, 0.29) is 12.3 Å². The highest BCUT2D eigenvalue weighted by molar-refractivity contribution is 5.91. The van der Waals surface area contributed by atoms with Crippen molar-refractivity contribution in [3.63, 3.8) is 0 Å². The summed E-state index contributed by atoms with van der Waals surface area (Å²) in [5.74, 6) is -4.14. The summed E-state index contributed by atoms with van der Waals surface area (Å²) in [6, 6.07) is 3.09. The van der Waals surface area contributed by atoms with Crippen LogP contribution < -0.4 is 21.3 Å². The second-order valence-corrected chi connectivity index (χ2v) is 11.9. The van der Waals surface area contributed by atoms with Gasteiger partial charge in [0, 0.05) is 0 Å². The van der Waals surface area contributed by atoms with Gasteiger partial charge in [0.15, 0.2) is 6.10 Å². The number of aliphatic hydroxyl groups excluding tert-OH is 4. The van der Waals surface area contributed by atoms with Gasteiger partial charge in [-0.05, 0) is 45.6 Å². The molecule has 0 bridgehead atoms. The molecule has 9 N–H and O–H groups in total. The molecule has 0 radical (unpaired) electrons. The number of hydrogen-bond acceptors (Lipinski definition) is 10. The molecule has 0 aliphatic rings. The van der Waals surface area contributed by atoms with Crippen molar-refractivity contribution in [1.29, 1.82) is 0 Å². The van der Waals surface area contributed by atoms with E-state index in [0.717, 1.165) is 0 Å². The van der Waals surface area contributed by atoms with Gasteiger partial charge < -0.3 is 51.5 Å². The molecule has 1 aromatic rings. The number of carboxylic acids is 1. The number of nitrogens with one attached hydrogen (secondary N) is 4. The number of carboxylic acid groups (broad SMARTS) is 1. The minimum Gasteiger partial charge on any atom is -0.481 e. The van der Waals surface area contributed by atoms with Crippen molar-refractivity contribution in [2.24, 2.45) is 5.92 Å². The molecule has 44 heavy (non-hydrogen) atoms. The summed E-state index contributed by atoms with van der Waals surface area (Å²) in [5.41, 5.74) is -0.388. The molecule has 1 aromatic carbocycles. The fourth-order valence-electron chi connectivity index (χ4n) is 4.02. The number of carbonyl (C=O) groups is 5. The summed E-state index contributed by atoms with van der Waals surface area (Å²) in [7, 11) is 0. The number of aliphatic hydroxyl groups is 4. The van der Waals surface area contributed by atoms with Crippen LogP contribution in [0.25, 0.3) is 0 Å². The largest absolute Gasteiger partial charge is 0.481 e. The molecule has 0 heterocycles. The Morgan fingerprint density at radius 3 is 1.91 bits per heavy atom. The van der Waals surface area contributed by atoms with E-state index in [4.69, 9.17) is 4.74 Å². The molecule has 0 saturated heterocycles. The predicted molar refractivity (Wildman–Crippen MR) is 157 cm³/mol. The zero-order valence-corrected chi connectivity index (χ0v) is 25.8. The predicted octanol–water partition coefficient (Wildman–Crippen LogP) is -0.677. The first-order chi connectivity index (χ1) is 20.4. The third-order valence-electron chi connectivity index (χ3n) is 6.24. The van der Waals surface area contributed by atoms with Crippen LogP contribution in [0.4, 0.5) is 4.79 Å². The Balaban J connectivity index is 2.94. The van der Waals surface area contributed by atoms with Crippen LogP contribution in [-0.2, 0) is 23.9 Å². The van der Waals surface area contributed by atoms with E-state index >= 15 is 0 Å². The summed E-state index contributed by atoms with van der Waals surface area (Å²) in [6.07, 6.45) is -7.83. The quantitative estimate of drug-likeness (QED) is 0.111. The van der Waals surface area contributed by atoms with E-state index in [9.17, 15) is 49.5 Å². The highest BCUT2D eigenvalue weighted by atomic mass is 16.6. The Bertz CT molecular complexity index is 1110. The monoisotopic (exact) mass is 626 g/mol. The van der Waals surface area contributed by atoms with Gasteiger partial charge in [-0.1, -0.05) is 44.2 Å². The molecule has 0 aliphatic heterocycles. The molecule has 7 atom stereocenters. The number of amides is 4. The SMILES string of the molecule is CC(C)C[C@H](NC(=O)[C@@H](C)NC(=O)OC(C)(C)C)C(=O)N[C@@H](CO)[C@@H](O)[C@@H](O)[C@H](O)C(=O)N[C@@H](CC(=O)O)c1ccccc1. The lowest BCUT2D eigenvalue weighted by atomic mass is 9.98. The lowest BCUT2D eigenvalue weighted by Gasteiger charge is -2.31. The van der Waals surface area contributed by atoms with Crippen molar-refractivity contribution >= 4 is 29.8 Å². The van der Waals surface area contributed by atoms with Gasteiger partial charge in [0.05, 0.1) is 25.1 Å². The maximum Gasteiger partial charge on any atom is 0.408 e. The molecule has 15 heteroatoms. The normalized spacial score (nSPS) is 16.3. The number of ether oxygens (including phenoxy) is 1. The van der Waals surface area contributed by atoms with Gasteiger partial charge in [-0.2, -0.15) is 0 Å². The summed E-state index contributed by atoms with van der Waals surface area (Å²) in [4.78, 5) is 61.9. The second kappa shape index (κ2) is 17.5. The molecule has 0 aliphatic carbocycles. The average Bonchev–Trinajstić information content (AvgIpc) is 2.92. The number of aliphatic carboxylic acids is 1. The van der Waals surface area contributed by atoms with Gasteiger partial charge in [0.2, 0.25) is 11.8 Å². The number of rotatable bonds is 16. The Labute approximate surface area is 256 Å². The van der Waals surface area contributed by atoms with E-state index in [2.05, 4.69) is 21.3 Å². The molecule has 0 spiro atoms. The molecule has 0 aromatic heterocycles. The van der Waals surface area contributed by atoms with Crippen LogP contribution in [0.5, 0.6) is 0 Å². The summed E-state index contributed by atoms with van der Waals surface area (Å²) in [6.45, 7) is 8.95. The first-order valence-corrected chi connectivity index (χ1v) is 14.2. The standard InChI is InChI=1S/C29H46N4O11/c1-15(2)12-19(32-25(40)16(3)30-28(43)44-29(4,5)6)26(41)33-20(14-34)22(37)23(38)24(39)27(42)31-18(13-21(35)36)17-10-8-7-9-11-17/h7-11,15-16,18-20,22-24,34,37-39H,12-14H2,1-6H3,(H,30,43)(H,31,42)(H,32,40)(H,33,41)(H,35,36)/t16-,18+,19+,20+,22-,23-,24+/m1/s1. The fraction of sp³-hybridized carbons (Fsp3) is 0.621. The molecule has 0 saturated carbocycles. The number of carbonyl (C=O) groups excluding carboxylic acids is 4. The lowest BCUT2D eigenvalue weighted by Crippen LogP contribution is -2.60. The van der Waals surface area contributed by atoms with Crippen molar-refractivity contribution in [2.75, 3.05) is 6.61 Å². The Morgan fingerprint density at radius 2 is 1.41 bits per heavy atom. The minimum absolute atomic E-state index is 0.114. The maximum absolute atomic E-state index is 13.1. The number of benzene rings is 1. The molecule has 0 unspecified atom stereocenters. The van der Waals surface area contributed by atoms with Gasteiger partial charge in [-0.3, -0.25) is 19.2 Å². The summed E-state index contributed by atoms with van der Waals surface area (Å²) >= 11 is 0. The first kappa shape index (κ1) is 38.2. The van der Waals surface area contributed by atoms with E-state index in [1.54, 1.807) is 65.0 Å². The van der Waals surface area contributed by atoms with E-state index in [1.165, 1.54) is 6.92 Å². The number of hydrogen-bond donors (Lipinski definition) is 9. The van der Waals surface area contributed by atoms with E-state index in [1.807, 2.05) is 0 Å². The minimum atomic E-state index is -2.28. The van der Waals surface area contributed by atoms with Crippen LogP contribution in [0, 0.1) is 5.92 Å². The van der Waals surface area contributed by atoms with Gasteiger partial charge >= 0.3 is 12.1 Å². The lowest BCUT2D eigenvalue weighted by molar-refractivity contribution is -0.145. The third kappa shape index (κ3) is 13.2. The second-order valence-electron chi connectivity index (χ2n) is 11.9. The van der Waals surface area contributed by atoms with Crippen LogP contribution in [0.3, 0.4) is 0 Å². The van der Waals surface area contributed by atoms with E-state index in [0.29, 0.717) is 5.56 Å². The fourth-order valence-corrected chi connectivity index (χ4v) is 4.02. The van der Waals surface area contributed by atoms with Crippen LogP contribution >= 0.6 is 0 Å².